The largest absolute Gasteiger partial charge is 0.489 e. The molecular weight excluding hydrogens is 348 g/mol. The van der Waals surface area contributed by atoms with Crippen LogP contribution in [0.4, 0.5) is 0 Å². The lowest BCUT2D eigenvalue weighted by Gasteiger charge is -2.07. The molecule has 4 heteroatoms. The van der Waals surface area contributed by atoms with Crippen LogP contribution in [0.25, 0.3) is 6.08 Å². The van der Waals surface area contributed by atoms with Crippen molar-refractivity contribution in [3.8, 4) is 5.75 Å². The summed E-state index contributed by atoms with van der Waals surface area (Å²) in [5, 5.41) is 3.93. The summed E-state index contributed by atoms with van der Waals surface area (Å²) in [5.41, 5.74) is 6.42. The van der Waals surface area contributed by atoms with Gasteiger partial charge in [0.15, 0.2) is 0 Å². The molecule has 28 heavy (non-hydrogen) atoms. The van der Waals surface area contributed by atoms with Crippen molar-refractivity contribution < 1.29 is 9.53 Å². The van der Waals surface area contributed by atoms with E-state index in [1.54, 1.807) is 36.6 Å². The molecule has 140 valence electrons. The molecule has 1 amide bonds. The van der Waals surface area contributed by atoms with Crippen LogP contribution in [0.15, 0.2) is 90.0 Å². The zero-order chi connectivity index (χ0) is 19.6. The predicted octanol–water partition coefficient (Wildman–Crippen LogP) is 5.00. The van der Waals surface area contributed by atoms with E-state index in [2.05, 4.69) is 29.6 Å². The number of hydrogen-bond acceptors (Lipinski definition) is 3. The Kier molecular flexibility index (Phi) is 6.74. The molecule has 0 bridgehead atoms. The summed E-state index contributed by atoms with van der Waals surface area (Å²) in [6.07, 6.45) is 5.23. The summed E-state index contributed by atoms with van der Waals surface area (Å²) in [4.78, 5) is 12.1. The molecule has 0 radical (unpaired) electrons. The first-order chi connectivity index (χ1) is 13.7. The summed E-state index contributed by atoms with van der Waals surface area (Å²) < 4.78 is 5.75. The number of aryl methyl sites for hydroxylation is 1. The van der Waals surface area contributed by atoms with Gasteiger partial charge in [0.05, 0.1) is 0 Å². The predicted molar refractivity (Wildman–Crippen MR) is 113 cm³/mol. The molecule has 0 atom stereocenters. The number of ether oxygens (including phenoxy) is 1. The van der Waals surface area contributed by atoms with E-state index in [1.165, 1.54) is 5.56 Å². The molecule has 0 saturated heterocycles. The maximum absolute atomic E-state index is 12.1. The number of allylic oxidation sites excluding steroid dienone is 1. The highest BCUT2D eigenvalue weighted by molar-refractivity contribution is 5.94. The summed E-state index contributed by atoms with van der Waals surface area (Å²) in [5.74, 6) is 0.445. The van der Waals surface area contributed by atoms with Crippen LogP contribution < -0.4 is 10.2 Å². The third-order valence-corrected chi connectivity index (χ3v) is 4.06. The quantitative estimate of drug-likeness (QED) is 0.470. The molecule has 0 saturated carbocycles. The van der Waals surface area contributed by atoms with Crippen LogP contribution in [0.2, 0.25) is 0 Å². The standard InChI is InChI=1S/C24H22N2O2/c1-19-9-11-21(12-10-19)18-28-23-15-13-22(14-16-23)24(27)26-25-17-5-8-20-6-3-2-4-7-20/h2-17H,18H2,1H3,(H,26,27)/b8-5?,25-17-. The fourth-order valence-corrected chi connectivity index (χ4v) is 2.48. The summed E-state index contributed by atoms with van der Waals surface area (Å²) in [6, 6.07) is 25.1. The lowest BCUT2D eigenvalue weighted by molar-refractivity contribution is 0.0955. The van der Waals surface area contributed by atoms with Crippen LogP contribution in [0.3, 0.4) is 0 Å². The summed E-state index contributed by atoms with van der Waals surface area (Å²) in [6.45, 7) is 2.54. The first kappa shape index (κ1) is 19.1. The zero-order valence-electron chi connectivity index (χ0n) is 15.7. The van der Waals surface area contributed by atoms with E-state index in [9.17, 15) is 4.79 Å². The minimum Gasteiger partial charge on any atom is -0.489 e. The molecule has 1 N–H and O–H groups in total. The van der Waals surface area contributed by atoms with Gasteiger partial charge in [0.25, 0.3) is 5.91 Å². The molecule has 3 aromatic carbocycles. The van der Waals surface area contributed by atoms with Gasteiger partial charge in [0.1, 0.15) is 12.4 Å². The lowest BCUT2D eigenvalue weighted by Crippen LogP contribution is -2.17. The average molecular weight is 370 g/mol. The van der Waals surface area contributed by atoms with Crippen LogP contribution in [0, 0.1) is 6.92 Å². The number of carbonyl (C=O) groups is 1. The Morgan fingerprint density at radius 2 is 1.68 bits per heavy atom. The van der Waals surface area contributed by atoms with Crippen LogP contribution in [-0.2, 0) is 6.61 Å². The van der Waals surface area contributed by atoms with Gasteiger partial charge in [-0.25, -0.2) is 5.43 Å². The number of hydrogen-bond donors (Lipinski definition) is 1. The Morgan fingerprint density at radius 3 is 2.39 bits per heavy atom. The molecule has 4 nitrogen and oxygen atoms in total. The maximum atomic E-state index is 12.1. The van der Waals surface area contributed by atoms with Crippen molar-refractivity contribution >= 4 is 18.2 Å². The van der Waals surface area contributed by atoms with Crippen molar-refractivity contribution in [2.24, 2.45) is 5.10 Å². The molecule has 0 heterocycles. The number of carbonyl (C=O) groups excluding carboxylic acids is 1. The Morgan fingerprint density at radius 1 is 0.964 bits per heavy atom. The second-order valence-corrected chi connectivity index (χ2v) is 6.29. The molecule has 0 aliphatic rings. The molecule has 3 rings (SSSR count). The SMILES string of the molecule is Cc1ccc(COc2ccc(C(=O)N/N=C\C=Cc3ccccc3)cc2)cc1. The number of rotatable bonds is 7. The van der Waals surface area contributed by atoms with Gasteiger partial charge in [-0.3, -0.25) is 4.79 Å². The van der Waals surface area contributed by atoms with Gasteiger partial charge >= 0.3 is 0 Å². The number of nitrogens with zero attached hydrogens (tertiary/aromatic N) is 1. The van der Waals surface area contributed by atoms with Gasteiger partial charge in [-0.15, -0.1) is 0 Å². The second kappa shape index (κ2) is 9.88. The molecule has 0 aliphatic carbocycles. The third-order valence-electron chi connectivity index (χ3n) is 4.06. The molecule has 0 fully saturated rings. The van der Waals surface area contributed by atoms with E-state index in [4.69, 9.17) is 4.74 Å². The van der Waals surface area contributed by atoms with Gasteiger partial charge in [-0.1, -0.05) is 66.2 Å². The highest BCUT2D eigenvalue weighted by Crippen LogP contribution is 2.14. The molecule has 0 aliphatic heterocycles. The van der Waals surface area contributed by atoms with Gasteiger partial charge in [0.2, 0.25) is 0 Å². The van der Waals surface area contributed by atoms with Crippen LogP contribution in [-0.4, -0.2) is 12.1 Å². The summed E-state index contributed by atoms with van der Waals surface area (Å²) >= 11 is 0. The van der Waals surface area contributed by atoms with Crippen molar-refractivity contribution in [3.63, 3.8) is 0 Å². The van der Waals surface area contributed by atoms with Crippen molar-refractivity contribution in [1.82, 2.24) is 5.43 Å². The average Bonchev–Trinajstić information content (AvgIpc) is 2.74. The molecular formula is C24H22N2O2. The fraction of sp³-hybridized carbons (Fsp3) is 0.0833. The van der Waals surface area contributed by atoms with Crippen molar-refractivity contribution in [2.45, 2.75) is 13.5 Å². The van der Waals surface area contributed by atoms with E-state index in [0.29, 0.717) is 17.9 Å². The van der Waals surface area contributed by atoms with Crippen LogP contribution in [0.5, 0.6) is 5.75 Å². The first-order valence-electron chi connectivity index (χ1n) is 9.04. The topological polar surface area (TPSA) is 50.7 Å². The normalized spacial score (nSPS) is 11.0. The molecule has 0 spiro atoms. The van der Waals surface area contributed by atoms with Gasteiger partial charge in [-0.05, 0) is 48.4 Å². The maximum Gasteiger partial charge on any atom is 0.271 e. The summed E-state index contributed by atoms with van der Waals surface area (Å²) in [7, 11) is 0. The van der Waals surface area contributed by atoms with Gasteiger partial charge in [0, 0.05) is 11.8 Å². The Bertz CT molecular complexity index is 944. The highest BCUT2D eigenvalue weighted by Gasteiger charge is 2.04. The molecule has 0 unspecified atom stereocenters. The number of nitrogens with one attached hydrogen (secondary N) is 1. The number of hydrazone groups is 1. The Labute approximate surface area is 165 Å². The van der Waals surface area contributed by atoms with Crippen LogP contribution >= 0.6 is 0 Å². The van der Waals surface area contributed by atoms with Gasteiger partial charge in [-0.2, -0.15) is 5.10 Å². The molecule has 3 aromatic rings. The first-order valence-corrected chi connectivity index (χ1v) is 9.04. The number of amides is 1. The van der Waals surface area contributed by atoms with E-state index >= 15 is 0 Å². The Hall–Kier alpha value is -3.66. The van der Waals surface area contributed by atoms with E-state index < -0.39 is 0 Å². The van der Waals surface area contributed by atoms with Crippen molar-refractivity contribution in [2.75, 3.05) is 0 Å². The van der Waals surface area contributed by atoms with Gasteiger partial charge < -0.3 is 4.74 Å². The molecule has 0 aromatic heterocycles. The zero-order valence-corrected chi connectivity index (χ0v) is 15.7. The second-order valence-electron chi connectivity index (χ2n) is 6.29. The highest BCUT2D eigenvalue weighted by atomic mass is 16.5. The number of benzene rings is 3. The van der Waals surface area contributed by atoms with E-state index in [-0.39, 0.29) is 5.91 Å². The van der Waals surface area contributed by atoms with Crippen LogP contribution in [0.1, 0.15) is 27.0 Å². The monoisotopic (exact) mass is 370 g/mol. The minimum absolute atomic E-state index is 0.269. The fourth-order valence-electron chi connectivity index (χ4n) is 2.48. The van der Waals surface area contributed by atoms with Crippen molar-refractivity contribution in [3.05, 3.63) is 107 Å². The minimum atomic E-state index is -0.269. The van der Waals surface area contributed by atoms with E-state index in [1.807, 2.05) is 48.5 Å². The Balaban J connectivity index is 1.47. The smallest absolute Gasteiger partial charge is 0.271 e. The third kappa shape index (κ3) is 5.95. The van der Waals surface area contributed by atoms with Crippen molar-refractivity contribution in [1.29, 1.82) is 0 Å². The van der Waals surface area contributed by atoms with E-state index in [0.717, 1.165) is 11.1 Å². The lowest BCUT2D eigenvalue weighted by atomic mass is 10.2.